The number of nitrogens with zero attached hydrogens (tertiary/aromatic N) is 2. The van der Waals surface area contributed by atoms with Gasteiger partial charge in [-0.1, -0.05) is 30.3 Å². The van der Waals surface area contributed by atoms with E-state index in [1.165, 1.54) is 0 Å². The zero-order valence-electron chi connectivity index (χ0n) is 8.09. The highest BCUT2D eigenvalue weighted by molar-refractivity contribution is 5.76. The van der Waals surface area contributed by atoms with E-state index in [2.05, 4.69) is 27.8 Å². The van der Waals surface area contributed by atoms with Crippen LogP contribution in [0.4, 0.5) is 0 Å². The minimum atomic E-state index is 0.904. The highest BCUT2D eigenvalue weighted by Gasteiger charge is 2.02. The van der Waals surface area contributed by atoms with Gasteiger partial charge in [-0.2, -0.15) is 0 Å². The number of benzene rings is 2. The molecule has 1 heterocycles. The Morgan fingerprint density at radius 2 is 1.87 bits per heavy atom. The van der Waals surface area contributed by atoms with Crippen LogP contribution in [0.15, 0.2) is 54.9 Å². The van der Waals surface area contributed by atoms with E-state index in [0.717, 1.165) is 16.7 Å². The standard InChI is InChI=1S/C13H9N2/c1-2-6-11(7-3-1)15-10-14-12-8-4-5-9-13(12)15/h1-7,9-10H. The fraction of sp³-hybridized carbons (Fsp3) is 0. The van der Waals surface area contributed by atoms with Crippen molar-refractivity contribution in [3.63, 3.8) is 0 Å². The summed E-state index contributed by atoms with van der Waals surface area (Å²) < 4.78 is 2.06. The molecule has 2 heteroatoms. The van der Waals surface area contributed by atoms with Crippen LogP contribution < -0.4 is 0 Å². The van der Waals surface area contributed by atoms with Gasteiger partial charge in [-0.05, 0) is 18.2 Å². The van der Waals surface area contributed by atoms with E-state index >= 15 is 0 Å². The molecular weight excluding hydrogens is 184 g/mol. The first-order chi connectivity index (χ1) is 7.45. The fourth-order valence-corrected chi connectivity index (χ4v) is 1.69. The Balaban J connectivity index is 2.28. The number of hydrogen-bond acceptors (Lipinski definition) is 1. The summed E-state index contributed by atoms with van der Waals surface area (Å²) in [5.74, 6) is 0. The lowest BCUT2D eigenvalue weighted by Gasteiger charge is -2.02. The van der Waals surface area contributed by atoms with Gasteiger partial charge < -0.3 is 0 Å². The average Bonchev–Trinajstić information content (AvgIpc) is 2.74. The zero-order chi connectivity index (χ0) is 10.1. The van der Waals surface area contributed by atoms with Crippen molar-refractivity contribution in [2.45, 2.75) is 0 Å². The van der Waals surface area contributed by atoms with Crippen LogP contribution in [0.3, 0.4) is 0 Å². The van der Waals surface area contributed by atoms with Crippen molar-refractivity contribution < 1.29 is 0 Å². The Labute approximate surface area is 87.8 Å². The first-order valence-corrected chi connectivity index (χ1v) is 4.84. The molecule has 1 aromatic heterocycles. The minimum absolute atomic E-state index is 0.904. The molecule has 0 amide bonds. The molecule has 0 aliphatic heterocycles. The van der Waals surface area contributed by atoms with Gasteiger partial charge in [0.25, 0.3) is 0 Å². The van der Waals surface area contributed by atoms with Crippen molar-refractivity contribution in [1.29, 1.82) is 0 Å². The summed E-state index contributed by atoms with van der Waals surface area (Å²) in [6, 6.07) is 19.2. The number of aromatic nitrogens is 2. The average molecular weight is 193 g/mol. The van der Waals surface area contributed by atoms with Gasteiger partial charge in [0.2, 0.25) is 0 Å². The SMILES string of the molecule is [c]1cccc2c1ncn2-c1ccccc1. The summed E-state index contributed by atoms with van der Waals surface area (Å²) in [5, 5.41) is 0. The topological polar surface area (TPSA) is 17.8 Å². The van der Waals surface area contributed by atoms with E-state index in [1.54, 1.807) is 0 Å². The van der Waals surface area contributed by atoms with Crippen LogP contribution in [-0.2, 0) is 0 Å². The van der Waals surface area contributed by atoms with Crippen LogP contribution in [0.5, 0.6) is 0 Å². The predicted molar refractivity (Wildman–Crippen MR) is 59.9 cm³/mol. The molecule has 71 valence electrons. The summed E-state index contributed by atoms with van der Waals surface area (Å²) in [6.07, 6.45) is 1.83. The second-order valence-corrected chi connectivity index (χ2v) is 3.35. The molecule has 0 aliphatic carbocycles. The molecule has 0 spiro atoms. The Kier molecular flexibility index (Phi) is 1.78. The molecule has 2 nitrogen and oxygen atoms in total. The van der Waals surface area contributed by atoms with Crippen molar-refractivity contribution in [3.8, 4) is 5.69 Å². The highest BCUT2D eigenvalue weighted by Crippen LogP contribution is 2.16. The molecule has 3 rings (SSSR count). The number of imidazole rings is 1. The normalized spacial score (nSPS) is 10.7. The lowest BCUT2D eigenvalue weighted by molar-refractivity contribution is 1.09. The molecule has 0 unspecified atom stereocenters. The second kappa shape index (κ2) is 3.24. The number of rotatable bonds is 1. The van der Waals surface area contributed by atoms with Crippen LogP contribution in [0.2, 0.25) is 0 Å². The predicted octanol–water partition coefficient (Wildman–Crippen LogP) is 2.83. The third-order valence-corrected chi connectivity index (χ3v) is 2.41. The maximum atomic E-state index is 4.30. The Morgan fingerprint density at radius 3 is 2.73 bits per heavy atom. The van der Waals surface area contributed by atoms with Crippen molar-refractivity contribution in [3.05, 3.63) is 60.9 Å². The minimum Gasteiger partial charge on any atom is -0.299 e. The van der Waals surface area contributed by atoms with Gasteiger partial charge in [-0.3, -0.25) is 4.57 Å². The molecule has 15 heavy (non-hydrogen) atoms. The van der Waals surface area contributed by atoms with Gasteiger partial charge in [-0.15, -0.1) is 0 Å². The van der Waals surface area contributed by atoms with Gasteiger partial charge in [0.05, 0.1) is 11.0 Å². The van der Waals surface area contributed by atoms with E-state index in [1.807, 2.05) is 42.7 Å². The van der Waals surface area contributed by atoms with Crippen LogP contribution >= 0.6 is 0 Å². The maximum absolute atomic E-state index is 4.30. The first kappa shape index (κ1) is 8.24. The van der Waals surface area contributed by atoms with Crippen LogP contribution in [0.1, 0.15) is 0 Å². The van der Waals surface area contributed by atoms with Gasteiger partial charge in [-0.25, -0.2) is 4.98 Å². The van der Waals surface area contributed by atoms with E-state index in [-0.39, 0.29) is 0 Å². The third kappa shape index (κ3) is 1.31. The lowest BCUT2D eigenvalue weighted by atomic mass is 10.3. The van der Waals surface area contributed by atoms with Gasteiger partial charge in [0.1, 0.15) is 6.33 Å². The molecule has 0 saturated heterocycles. The smallest absolute Gasteiger partial charge is 0.100 e. The van der Waals surface area contributed by atoms with Gasteiger partial charge in [0.15, 0.2) is 0 Å². The number of para-hydroxylation sites is 2. The Hall–Kier alpha value is -2.09. The Bertz CT molecular complexity index is 582. The highest BCUT2D eigenvalue weighted by atomic mass is 15.0. The van der Waals surface area contributed by atoms with Crippen LogP contribution in [0.25, 0.3) is 16.7 Å². The number of fused-ring (bicyclic) bond motifs is 1. The summed E-state index contributed by atoms with van der Waals surface area (Å²) in [6.45, 7) is 0. The number of hydrogen-bond donors (Lipinski definition) is 0. The quantitative estimate of drug-likeness (QED) is 0.581. The van der Waals surface area contributed by atoms with E-state index in [4.69, 9.17) is 0 Å². The van der Waals surface area contributed by atoms with E-state index in [0.29, 0.717) is 0 Å². The van der Waals surface area contributed by atoms with Crippen molar-refractivity contribution >= 4 is 11.0 Å². The van der Waals surface area contributed by atoms with Crippen molar-refractivity contribution in [2.24, 2.45) is 0 Å². The summed E-state index contributed by atoms with van der Waals surface area (Å²) in [5.41, 5.74) is 3.12. The molecule has 0 bridgehead atoms. The van der Waals surface area contributed by atoms with Gasteiger partial charge >= 0.3 is 0 Å². The van der Waals surface area contributed by atoms with E-state index in [9.17, 15) is 0 Å². The molecule has 0 N–H and O–H groups in total. The molecule has 3 aromatic rings. The van der Waals surface area contributed by atoms with Crippen molar-refractivity contribution in [2.75, 3.05) is 0 Å². The zero-order valence-corrected chi connectivity index (χ0v) is 8.09. The lowest BCUT2D eigenvalue weighted by Crippen LogP contribution is -1.90. The largest absolute Gasteiger partial charge is 0.299 e. The maximum Gasteiger partial charge on any atom is 0.100 e. The third-order valence-electron chi connectivity index (χ3n) is 2.41. The molecule has 0 atom stereocenters. The molecular formula is C13H9N2. The first-order valence-electron chi connectivity index (χ1n) is 4.84. The molecule has 0 aliphatic rings. The van der Waals surface area contributed by atoms with Crippen LogP contribution in [-0.4, -0.2) is 9.55 Å². The molecule has 1 radical (unpaired) electrons. The second-order valence-electron chi connectivity index (χ2n) is 3.35. The van der Waals surface area contributed by atoms with Crippen molar-refractivity contribution in [1.82, 2.24) is 9.55 Å². The monoisotopic (exact) mass is 193 g/mol. The van der Waals surface area contributed by atoms with Gasteiger partial charge in [0, 0.05) is 11.8 Å². The molecule has 2 aromatic carbocycles. The van der Waals surface area contributed by atoms with Crippen LogP contribution in [0, 0.1) is 6.07 Å². The summed E-state index contributed by atoms with van der Waals surface area (Å²) in [7, 11) is 0. The fourth-order valence-electron chi connectivity index (χ4n) is 1.69. The Morgan fingerprint density at radius 1 is 1.00 bits per heavy atom. The molecule has 0 fully saturated rings. The van der Waals surface area contributed by atoms with E-state index < -0.39 is 0 Å². The molecule has 0 saturated carbocycles. The summed E-state index contributed by atoms with van der Waals surface area (Å²) >= 11 is 0. The summed E-state index contributed by atoms with van der Waals surface area (Å²) in [4.78, 5) is 4.30.